The van der Waals surface area contributed by atoms with E-state index in [9.17, 15) is 14.9 Å². The molecule has 0 aromatic heterocycles. The number of nitriles is 1. The van der Waals surface area contributed by atoms with Crippen LogP contribution in [0.4, 0.5) is 5.69 Å². The van der Waals surface area contributed by atoms with Crippen molar-refractivity contribution in [3.63, 3.8) is 0 Å². The quantitative estimate of drug-likeness (QED) is 0.428. The highest BCUT2D eigenvalue weighted by Gasteiger charge is 2.11. The number of para-hydroxylation sites is 1. The van der Waals surface area contributed by atoms with Gasteiger partial charge < -0.3 is 15.2 Å². The Morgan fingerprint density at radius 2 is 1.71 bits per heavy atom. The second-order valence-corrected chi connectivity index (χ2v) is 6.82. The number of ether oxygens (including phenoxy) is 1. The lowest BCUT2D eigenvalue weighted by atomic mass is 10.1. The first kappa shape index (κ1) is 21.3. The number of carbonyl (C=O) groups excluding carboxylic acids is 1. The molecule has 0 aliphatic heterocycles. The first-order chi connectivity index (χ1) is 15.0. The molecule has 0 heterocycles. The molecule has 0 bridgehead atoms. The minimum atomic E-state index is -0.990. The molecule has 0 saturated heterocycles. The highest BCUT2D eigenvalue weighted by Crippen LogP contribution is 2.23. The summed E-state index contributed by atoms with van der Waals surface area (Å²) in [6, 6.07) is 22.7. The standard InChI is InChI=1S/C25H20N2O4/c1-17-6-12-22(13-7-17)27-24(28)21(15-26)14-20-4-2-3-5-23(20)31-16-18-8-10-19(11-9-18)25(29)30/h2-14H,16H2,1H3,(H,27,28)(H,29,30)/b21-14+. The number of aromatic carboxylic acids is 1. The lowest BCUT2D eigenvalue weighted by Gasteiger charge is -2.10. The fourth-order valence-electron chi connectivity index (χ4n) is 2.78. The molecule has 154 valence electrons. The van der Waals surface area contributed by atoms with Crippen LogP contribution >= 0.6 is 0 Å². The molecule has 6 heteroatoms. The normalized spacial score (nSPS) is 10.8. The van der Waals surface area contributed by atoms with E-state index in [1.54, 1.807) is 48.5 Å². The molecule has 1 amide bonds. The van der Waals surface area contributed by atoms with Crippen LogP contribution in [0.25, 0.3) is 6.08 Å². The summed E-state index contributed by atoms with van der Waals surface area (Å²) >= 11 is 0. The number of amides is 1. The van der Waals surface area contributed by atoms with Gasteiger partial charge in [-0.15, -0.1) is 0 Å². The van der Waals surface area contributed by atoms with Crippen LogP contribution in [0.3, 0.4) is 0 Å². The zero-order valence-electron chi connectivity index (χ0n) is 16.8. The molecule has 3 rings (SSSR count). The predicted octanol–water partition coefficient (Wildman–Crippen LogP) is 4.82. The number of rotatable bonds is 7. The molecule has 2 N–H and O–H groups in total. The average molecular weight is 412 g/mol. The summed E-state index contributed by atoms with van der Waals surface area (Å²) in [6.07, 6.45) is 1.48. The molecule has 3 aromatic rings. The van der Waals surface area contributed by atoms with Gasteiger partial charge in [0, 0.05) is 11.3 Å². The van der Waals surface area contributed by atoms with Gasteiger partial charge >= 0.3 is 5.97 Å². The molecule has 0 radical (unpaired) electrons. The van der Waals surface area contributed by atoms with Crippen molar-refractivity contribution in [3.8, 4) is 11.8 Å². The van der Waals surface area contributed by atoms with Crippen LogP contribution in [-0.4, -0.2) is 17.0 Å². The molecule has 0 fully saturated rings. The maximum absolute atomic E-state index is 12.5. The van der Waals surface area contributed by atoms with E-state index < -0.39 is 11.9 Å². The Kier molecular flexibility index (Phi) is 6.82. The third kappa shape index (κ3) is 5.81. The Morgan fingerprint density at radius 3 is 2.35 bits per heavy atom. The number of hydrogen-bond donors (Lipinski definition) is 2. The van der Waals surface area contributed by atoms with Crippen LogP contribution in [0, 0.1) is 18.3 Å². The third-order valence-electron chi connectivity index (χ3n) is 4.49. The van der Waals surface area contributed by atoms with E-state index in [1.165, 1.54) is 18.2 Å². The van der Waals surface area contributed by atoms with E-state index in [0.29, 0.717) is 17.0 Å². The second kappa shape index (κ2) is 9.90. The van der Waals surface area contributed by atoms with Gasteiger partial charge in [-0.3, -0.25) is 4.79 Å². The lowest BCUT2D eigenvalue weighted by molar-refractivity contribution is -0.112. The van der Waals surface area contributed by atoms with Gasteiger partial charge in [0.1, 0.15) is 24.0 Å². The summed E-state index contributed by atoms with van der Waals surface area (Å²) in [4.78, 5) is 23.5. The number of hydrogen-bond acceptors (Lipinski definition) is 4. The van der Waals surface area contributed by atoms with Crippen LogP contribution in [0.1, 0.15) is 27.0 Å². The Morgan fingerprint density at radius 1 is 1.03 bits per heavy atom. The van der Waals surface area contributed by atoms with E-state index in [1.807, 2.05) is 25.1 Å². The van der Waals surface area contributed by atoms with Gasteiger partial charge in [0.15, 0.2) is 0 Å². The zero-order valence-corrected chi connectivity index (χ0v) is 16.8. The molecule has 0 atom stereocenters. The molecule has 31 heavy (non-hydrogen) atoms. The van der Waals surface area contributed by atoms with Gasteiger partial charge in [-0.2, -0.15) is 5.26 Å². The van der Waals surface area contributed by atoms with Crippen LogP contribution < -0.4 is 10.1 Å². The van der Waals surface area contributed by atoms with Gasteiger partial charge in [0.25, 0.3) is 5.91 Å². The summed E-state index contributed by atoms with van der Waals surface area (Å²) in [5, 5.41) is 21.2. The summed E-state index contributed by atoms with van der Waals surface area (Å²) in [5.74, 6) is -0.998. The molecule has 3 aromatic carbocycles. The van der Waals surface area contributed by atoms with E-state index in [2.05, 4.69) is 5.32 Å². The molecule has 0 aliphatic carbocycles. The number of carboxylic acids is 1. The minimum Gasteiger partial charge on any atom is -0.488 e. The van der Waals surface area contributed by atoms with Crippen molar-refractivity contribution in [2.24, 2.45) is 0 Å². The van der Waals surface area contributed by atoms with Gasteiger partial charge in [-0.05, 0) is 48.9 Å². The monoisotopic (exact) mass is 412 g/mol. The van der Waals surface area contributed by atoms with E-state index in [4.69, 9.17) is 9.84 Å². The van der Waals surface area contributed by atoms with Gasteiger partial charge in [0.05, 0.1) is 5.56 Å². The summed E-state index contributed by atoms with van der Waals surface area (Å²) in [7, 11) is 0. The van der Waals surface area contributed by atoms with Crippen molar-refractivity contribution in [1.82, 2.24) is 0 Å². The zero-order chi connectivity index (χ0) is 22.2. The fraction of sp³-hybridized carbons (Fsp3) is 0.0800. The van der Waals surface area contributed by atoms with Crippen molar-refractivity contribution >= 4 is 23.6 Å². The maximum atomic E-state index is 12.5. The van der Waals surface area contributed by atoms with Gasteiger partial charge in [-0.25, -0.2) is 4.79 Å². The van der Waals surface area contributed by atoms with Crippen molar-refractivity contribution in [1.29, 1.82) is 5.26 Å². The van der Waals surface area contributed by atoms with E-state index in [-0.39, 0.29) is 17.7 Å². The fourth-order valence-corrected chi connectivity index (χ4v) is 2.78. The van der Waals surface area contributed by atoms with Crippen LogP contribution in [0.5, 0.6) is 5.75 Å². The average Bonchev–Trinajstić information content (AvgIpc) is 2.78. The van der Waals surface area contributed by atoms with E-state index >= 15 is 0 Å². The summed E-state index contributed by atoms with van der Waals surface area (Å²) < 4.78 is 5.85. The summed E-state index contributed by atoms with van der Waals surface area (Å²) in [5.41, 5.74) is 3.19. The van der Waals surface area contributed by atoms with E-state index in [0.717, 1.165) is 11.1 Å². The number of anilines is 1. The smallest absolute Gasteiger partial charge is 0.335 e. The Bertz CT molecular complexity index is 1160. The first-order valence-corrected chi connectivity index (χ1v) is 9.50. The molecule has 0 saturated carbocycles. The highest BCUT2D eigenvalue weighted by atomic mass is 16.5. The lowest BCUT2D eigenvalue weighted by Crippen LogP contribution is -2.13. The molecule has 0 aliphatic rings. The minimum absolute atomic E-state index is 0.0533. The van der Waals surface area contributed by atoms with Crippen molar-refractivity contribution < 1.29 is 19.4 Å². The molecule has 6 nitrogen and oxygen atoms in total. The Labute approximate surface area is 180 Å². The van der Waals surface area contributed by atoms with Gasteiger partial charge in [0.2, 0.25) is 0 Å². The first-order valence-electron chi connectivity index (χ1n) is 9.50. The number of nitrogens with one attached hydrogen (secondary N) is 1. The number of aryl methyl sites for hydroxylation is 1. The third-order valence-corrected chi connectivity index (χ3v) is 4.49. The van der Waals surface area contributed by atoms with Crippen molar-refractivity contribution in [3.05, 3.63) is 101 Å². The summed E-state index contributed by atoms with van der Waals surface area (Å²) in [6.45, 7) is 2.16. The highest BCUT2D eigenvalue weighted by molar-refractivity contribution is 6.09. The SMILES string of the molecule is Cc1ccc(NC(=O)/C(C#N)=C/c2ccccc2OCc2ccc(C(=O)O)cc2)cc1. The number of carboxylic acid groups (broad SMARTS) is 1. The van der Waals surface area contributed by atoms with Crippen LogP contribution in [0.15, 0.2) is 78.4 Å². The van der Waals surface area contributed by atoms with Crippen LogP contribution in [-0.2, 0) is 11.4 Å². The van der Waals surface area contributed by atoms with Gasteiger partial charge in [-0.1, -0.05) is 48.0 Å². The predicted molar refractivity (Wildman–Crippen MR) is 118 cm³/mol. The molecule has 0 unspecified atom stereocenters. The largest absolute Gasteiger partial charge is 0.488 e. The maximum Gasteiger partial charge on any atom is 0.335 e. The van der Waals surface area contributed by atoms with Crippen LogP contribution in [0.2, 0.25) is 0 Å². The molecular weight excluding hydrogens is 392 g/mol. The van der Waals surface area contributed by atoms with Crippen molar-refractivity contribution in [2.45, 2.75) is 13.5 Å². The number of carbonyl (C=O) groups is 2. The Hall–Kier alpha value is -4.37. The second-order valence-electron chi connectivity index (χ2n) is 6.82. The molecular formula is C25H20N2O4. The topological polar surface area (TPSA) is 99.4 Å². The number of benzene rings is 3. The van der Waals surface area contributed by atoms with Crippen molar-refractivity contribution in [2.75, 3.05) is 5.32 Å². The molecule has 0 spiro atoms. The number of nitrogens with zero attached hydrogens (tertiary/aromatic N) is 1. The Balaban J connectivity index is 1.75.